The average Bonchev–Trinajstić information content (AvgIpc) is 2.04. The minimum Gasteiger partial charge on any atom is -0.463 e. The summed E-state index contributed by atoms with van der Waals surface area (Å²) in [5, 5.41) is 8.75. The van der Waals surface area contributed by atoms with E-state index in [0.29, 0.717) is 0 Å². The number of aliphatic hydroxyl groups excluding tert-OH is 1. The molecule has 0 fully saturated rings. The molecule has 0 amide bonds. The Morgan fingerprint density at radius 3 is 2.23 bits per heavy atom. The summed E-state index contributed by atoms with van der Waals surface area (Å²) >= 11 is 0. The van der Waals surface area contributed by atoms with Gasteiger partial charge in [0.05, 0.1) is 6.61 Å². The number of carbonyl (C=O) groups excluding carboxylic acids is 2. The highest BCUT2D eigenvalue weighted by molar-refractivity contribution is 5.80. The lowest BCUT2D eigenvalue weighted by atomic mass is 10.4. The summed E-state index contributed by atoms with van der Waals surface area (Å²) in [6.07, 6.45) is -2.20. The first kappa shape index (κ1) is 11.9. The van der Waals surface area contributed by atoms with Gasteiger partial charge in [-0.1, -0.05) is 0 Å². The van der Waals surface area contributed by atoms with Crippen molar-refractivity contribution in [3.63, 3.8) is 0 Å². The molecule has 1 N–H and O–H groups in total. The Kier molecular flexibility index (Phi) is 5.06. The standard InChI is InChI=1S/C8H14O5/c1-4-12-8(11)6(3)13-7(10)5(2)9/h5-6,9H,4H2,1-3H3. The maximum Gasteiger partial charge on any atom is 0.347 e. The summed E-state index contributed by atoms with van der Waals surface area (Å²) < 4.78 is 9.15. The van der Waals surface area contributed by atoms with Crippen molar-refractivity contribution in [3.05, 3.63) is 0 Å². The summed E-state index contributed by atoms with van der Waals surface area (Å²) in [6.45, 7) is 4.54. The fraction of sp³-hybridized carbons (Fsp3) is 0.750. The molecule has 0 rings (SSSR count). The van der Waals surface area contributed by atoms with Gasteiger partial charge in [-0.3, -0.25) is 0 Å². The van der Waals surface area contributed by atoms with Crippen molar-refractivity contribution in [2.45, 2.75) is 33.0 Å². The SMILES string of the molecule is CCOC(=O)C(C)OC(=O)C(C)O. The van der Waals surface area contributed by atoms with Crippen LogP contribution in [0.15, 0.2) is 0 Å². The number of carbonyl (C=O) groups is 2. The minimum atomic E-state index is -1.23. The van der Waals surface area contributed by atoms with Crippen LogP contribution in [0.4, 0.5) is 0 Å². The zero-order valence-corrected chi connectivity index (χ0v) is 7.94. The van der Waals surface area contributed by atoms with Crippen molar-refractivity contribution in [1.29, 1.82) is 0 Å². The molecule has 0 radical (unpaired) electrons. The lowest BCUT2D eigenvalue weighted by molar-refractivity contribution is -0.171. The number of ether oxygens (including phenoxy) is 2. The van der Waals surface area contributed by atoms with Crippen molar-refractivity contribution in [1.82, 2.24) is 0 Å². The van der Waals surface area contributed by atoms with E-state index in [1.54, 1.807) is 6.92 Å². The van der Waals surface area contributed by atoms with Crippen LogP contribution >= 0.6 is 0 Å². The fourth-order valence-corrected chi connectivity index (χ4v) is 0.580. The van der Waals surface area contributed by atoms with Crippen molar-refractivity contribution in [2.24, 2.45) is 0 Å². The van der Waals surface area contributed by atoms with Gasteiger partial charge in [0.2, 0.25) is 0 Å². The Bertz CT molecular complexity index is 187. The maximum atomic E-state index is 10.9. The Morgan fingerprint density at radius 1 is 1.31 bits per heavy atom. The number of hydrogen-bond acceptors (Lipinski definition) is 5. The summed E-state index contributed by atoms with van der Waals surface area (Å²) in [4.78, 5) is 21.7. The second-order valence-electron chi connectivity index (χ2n) is 2.51. The van der Waals surface area contributed by atoms with Crippen LogP contribution in [-0.4, -0.2) is 35.9 Å². The molecule has 0 heterocycles. The zero-order valence-electron chi connectivity index (χ0n) is 7.94. The Hall–Kier alpha value is -1.10. The quantitative estimate of drug-likeness (QED) is 0.625. The van der Waals surface area contributed by atoms with Gasteiger partial charge >= 0.3 is 11.9 Å². The molecule has 0 saturated carbocycles. The molecule has 0 aromatic carbocycles. The summed E-state index contributed by atoms with van der Waals surface area (Å²) in [5.74, 6) is -1.45. The normalized spacial score (nSPS) is 14.5. The van der Waals surface area contributed by atoms with Gasteiger partial charge in [0.15, 0.2) is 6.10 Å². The van der Waals surface area contributed by atoms with Crippen LogP contribution in [0.1, 0.15) is 20.8 Å². The molecule has 0 aliphatic rings. The molecule has 0 spiro atoms. The van der Waals surface area contributed by atoms with Crippen LogP contribution in [0.2, 0.25) is 0 Å². The third kappa shape index (κ3) is 4.47. The van der Waals surface area contributed by atoms with Gasteiger partial charge in [0.1, 0.15) is 6.10 Å². The molecule has 13 heavy (non-hydrogen) atoms. The van der Waals surface area contributed by atoms with E-state index in [1.807, 2.05) is 0 Å². The predicted octanol–water partition coefficient (Wildman–Crippen LogP) is -0.138. The van der Waals surface area contributed by atoms with Crippen molar-refractivity contribution in [3.8, 4) is 0 Å². The van der Waals surface area contributed by atoms with E-state index in [1.165, 1.54) is 13.8 Å². The lowest BCUT2D eigenvalue weighted by Gasteiger charge is -2.12. The van der Waals surface area contributed by atoms with Crippen LogP contribution in [0.5, 0.6) is 0 Å². The second kappa shape index (κ2) is 5.53. The molecular formula is C8H14O5. The topological polar surface area (TPSA) is 72.8 Å². The molecule has 0 bridgehead atoms. The third-order valence-electron chi connectivity index (χ3n) is 1.25. The van der Waals surface area contributed by atoms with Crippen LogP contribution in [-0.2, 0) is 19.1 Å². The monoisotopic (exact) mass is 190 g/mol. The van der Waals surface area contributed by atoms with Gasteiger partial charge in [-0.05, 0) is 20.8 Å². The van der Waals surface area contributed by atoms with Crippen LogP contribution in [0.3, 0.4) is 0 Å². The molecule has 0 aliphatic heterocycles. The smallest absolute Gasteiger partial charge is 0.347 e. The summed E-state index contributed by atoms with van der Waals surface area (Å²) in [5.41, 5.74) is 0. The Morgan fingerprint density at radius 2 is 1.85 bits per heavy atom. The van der Waals surface area contributed by atoms with E-state index < -0.39 is 24.1 Å². The first-order chi connectivity index (χ1) is 5.99. The molecule has 0 aliphatic carbocycles. The van der Waals surface area contributed by atoms with Gasteiger partial charge in [-0.2, -0.15) is 0 Å². The number of rotatable bonds is 4. The van der Waals surface area contributed by atoms with E-state index in [0.717, 1.165) is 0 Å². The minimum absolute atomic E-state index is 0.232. The first-order valence-corrected chi connectivity index (χ1v) is 4.04. The van der Waals surface area contributed by atoms with Gasteiger partial charge in [0.25, 0.3) is 0 Å². The maximum absolute atomic E-state index is 10.9. The number of aliphatic hydroxyl groups is 1. The van der Waals surface area contributed by atoms with Gasteiger partial charge in [-0.15, -0.1) is 0 Å². The molecule has 0 aromatic rings. The molecule has 0 aromatic heterocycles. The van der Waals surface area contributed by atoms with Crippen LogP contribution in [0.25, 0.3) is 0 Å². The highest BCUT2D eigenvalue weighted by Crippen LogP contribution is 1.97. The van der Waals surface area contributed by atoms with Gasteiger partial charge in [-0.25, -0.2) is 9.59 Å². The van der Waals surface area contributed by atoms with E-state index in [4.69, 9.17) is 5.11 Å². The largest absolute Gasteiger partial charge is 0.463 e. The highest BCUT2D eigenvalue weighted by atomic mass is 16.6. The highest BCUT2D eigenvalue weighted by Gasteiger charge is 2.20. The van der Waals surface area contributed by atoms with Crippen molar-refractivity contribution >= 4 is 11.9 Å². The molecule has 2 atom stereocenters. The molecule has 2 unspecified atom stereocenters. The molecule has 76 valence electrons. The van der Waals surface area contributed by atoms with E-state index >= 15 is 0 Å². The van der Waals surface area contributed by atoms with Crippen molar-refractivity contribution in [2.75, 3.05) is 6.61 Å². The van der Waals surface area contributed by atoms with Gasteiger partial charge in [0, 0.05) is 0 Å². The third-order valence-corrected chi connectivity index (χ3v) is 1.25. The predicted molar refractivity (Wildman–Crippen MR) is 43.9 cm³/mol. The number of hydrogen-bond donors (Lipinski definition) is 1. The average molecular weight is 190 g/mol. The fourth-order valence-electron chi connectivity index (χ4n) is 0.580. The van der Waals surface area contributed by atoms with Gasteiger partial charge < -0.3 is 14.6 Å². The first-order valence-electron chi connectivity index (χ1n) is 4.04. The number of esters is 2. The van der Waals surface area contributed by atoms with E-state index in [9.17, 15) is 9.59 Å². The molecule has 5 heteroatoms. The summed E-state index contributed by atoms with van der Waals surface area (Å²) in [7, 11) is 0. The molecular weight excluding hydrogens is 176 g/mol. The van der Waals surface area contributed by atoms with E-state index in [2.05, 4.69) is 9.47 Å². The Labute approximate surface area is 76.6 Å². The molecule has 0 saturated heterocycles. The summed E-state index contributed by atoms with van der Waals surface area (Å²) in [6, 6.07) is 0. The second-order valence-corrected chi connectivity index (χ2v) is 2.51. The zero-order chi connectivity index (χ0) is 10.4. The lowest BCUT2D eigenvalue weighted by Crippen LogP contribution is -2.30. The molecule has 5 nitrogen and oxygen atoms in total. The van der Waals surface area contributed by atoms with Crippen molar-refractivity contribution < 1.29 is 24.2 Å². The van der Waals surface area contributed by atoms with Crippen LogP contribution < -0.4 is 0 Å². The Balaban J connectivity index is 3.92. The van der Waals surface area contributed by atoms with Crippen LogP contribution in [0, 0.1) is 0 Å². The van der Waals surface area contributed by atoms with E-state index in [-0.39, 0.29) is 6.61 Å².